The van der Waals surface area contributed by atoms with Gasteiger partial charge in [-0.25, -0.2) is 0 Å². The number of aliphatic hydroxyl groups excluding tert-OH is 1. The van der Waals surface area contributed by atoms with Crippen LogP contribution in [0.2, 0.25) is 0 Å². The number of furan rings is 1. The summed E-state index contributed by atoms with van der Waals surface area (Å²) in [6.07, 6.45) is 2.39. The molecular formula is C32H29NO5. The third-order valence-corrected chi connectivity index (χ3v) is 6.77. The third kappa shape index (κ3) is 5.11. The lowest BCUT2D eigenvalue weighted by Crippen LogP contribution is -2.29. The normalized spacial score (nSPS) is 16.7. The quantitative estimate of drug-likeness (QED) is 0.171. The van der Waals surface area contributed by atoms with Gasteiger partial charge in [0.2, 0.25) is 0 Å². The highest BCUT2D eigenvalue weighted by Gasteiger charge is 2.46. The van der Waals surface area contributed by atoms with E-state index in [0.29, 0.717) is 23.7 Å². The lowest BCUT2D eigenvalue weighted by molar-refractivity contribution is -0.140. The molecule has 1 atom stereocenters. The number of amides is 1. The minimum absolute atomic E-state index is 0.0548. The number of likely N-dealkylation sites (tertiary alicyclic amines) is 1. The fourth-order valence-corrected chi connectivity index (χ4v) is 4.73. The average molecular weight is 508 g/mol. The van der Waals surface area contributed by atoms with Crippen LogP contribution < -0.4 is 4.74 Å². The number of hydrogen-bond acceptors (Lipinski definition) is 5. The third-order valence-electron chi connectivity index (χ3n) is 6.77. The van der Waals surface area contributed by atoms with Crippen LogP contribution in [0, 0.1) is 6.92 Å². The fourth-order valence-electron chi connectivity index (χ4n) is 4.73. The molecule has 1 N–H and O–H groups in total. The topological polar surface area (TPSA) is 80.0 Å². The van der Waals surface area contributed by atoms with Crippen molar-refractivity contribution >= 4 is 17.4 Å². The average Bonchev–Trinajstić information content (AvgIpc) is 3.54. The summed E-state index contributed by atoms with van der Waals surface area (Å²) < 4.78 is 11.4. The van der Waals surface area contributed by atoms with Crippen molar-refractivity contribution < 1.29 is 23.8 Å². The summed E-state index contributed by atoms with van der Waals surface area (Å²) in [6.45, 7) is 4.62. The Morgan fingerprint density at radius 3 is 2.37 bits per heavy atom. The van der Waals surface area contributed by atoms with Gasteiger partial charge in [-0.05, 0) is 66.4 Å². The number of rotatable bonds is 8. The maximum Gasteiger partial charge on any atom is 0.296 e. The van der Waals surface area contributed by atoms with Crippen molar-refractivity contribution in [2.45, 2.75) is 39.5 Å². The Bertz CT molecular complexity index is 1470. The second-order valence-electron chi connectivity index (χ2n) is 9.40. The van der Waals surface area contributed by atoms with E-state index in [4.69, 9.17) is 9.15 Å². The molecule has 1 aliphatic rings. The molecule has 6 nitrogen and oxygen atoms in total. The van der Waals surface area contributed by atoms with E-state index in [9.17, 15) is 14.7 Å². The molecule has 1 saturated heterocycles. The van der Waals surface area contributed by atoms with E-state index >= 15 is 0 Å². The summed E-state index contributed by atoms with van der Waals surface area (Å²) in [4.78, 5) is 27.9. The molecule has 6 heteroatoms. The van der Waals surface area contributed by atoms with Crippen LogP contribution in [0.4, 0.5) is 0 Å². The fraction of sp³-hybridized carbons (Fsp3) is 0.188. The molecule has 1 fully saturated rings. The van der Waals surface area contributed by atoms with Crippen molar-refractivity contribution in [3.8, 4) is 5.75 Å². The van der Waals surface area contributed by atoms with Crippen LogP contribution in [-0.4, -0.2) is 21.7 Å². The van der Waals surface area contributed by atoms with Gasteiger partial charge in [0.05, 0.1) is 24.4 Å². The van der Waals surface area contributed by atoms with Crippen LogP contribution in [0.15, 0.2) is 101 Å². The Morgan fingerprint density at radius 2 is 1.71 bits per heavy atom. The predicted molar refractivity (Wildman–Crippen MR) is 144 cm³/mol. The van der Waals surface area contributed by atoms with E-state index in [2.05, 4.69) is 13.0 Å². The van der Waals surface area contributed by atoms with Gasteiger partial charge in [0, 0.05) is 5.56 Å². The first-order valence-electron chi connectivity index (χ1n) is 12.6. The highest BCUT2D eigenvalue weighted by atomic mass is 16.5. The van der Waals surface area contributed by atoms with Crippen LogP contribution in [-0.2, 0) is 29.2 Å². The van der Waals surface area contributed by atoms with Gasteiger partial charge in [0.15, 0.2) is 0 Å². The Kier molecular flexibility index (Phi) is 7.13. The zero-order chi connectivity index (χ0) is 26.6. The van der Waals surface area contributed by atoms with Crippen LogP contribution in [0.3, 0.4) is 0 Å². The molecule has 3 aromatic carbocycles. The lowest BCUT2D eigenvalue weighted by Gasteiger charge is -2.24. The summed E-state index contributed by atoms with van der Waals surface area (Å²) in [5, 5.41) is 11.3. The first kappa shape index (κ1) is 25.1. The molecule has 0 aliphatic carbocycles. The zero-order valence-electron chi connectivity index (χ0n) is 21.4. The Morgan fingerprint density at radius 1 is 0.947 bits per heavy atom. The molecule has 0 unspecified atom stereocenters. The molecule has 1 aliphatic heterocycles. The molecule has 0 saturated carbocycles. The number of carbonyl (C=O) groups is 2. The van der Waals surface area contributed by atoms with Gasteiger partial charge in [-0.15, -0.1) is 0 Å². The first-order valence-corrected chi connectivity index (χ1v) is 12.6. The highest BCUT2D eigenvalue weighted by molar-refractivity contribution is 6.46. The SMILES string of the molecule is CCc1ccc([C@@H]2C(=C(O)c3ccc(OCc4cccc(C)c4)cc3)C(=O)C(=O)N2Cc2ccco2)cc1. The number of benzene rings is 3. The monoisotopic (exact) mass is 507 g/mol. The first-order chi connectivity index (χ1) is 18.4. The highest BCUT2D eigenvalue weighted by Crippen LogP contribution is 2.40. The number of nitrogens with zero attached hydrogens (tertiary/aromatic N) is 1. The van der Waals surface area contributed by atoms with Gasteiger partial charge in [0.1, 0.15) is 23.9 Å². The molecule has 192 valence electrons. The van der Waals surface area contributed by atoms with Crippen LogP contribution in [0.5, 0.6) is 5.75 Å². The predicted octanol–water partition coefficient (Wildman–Crippen LogP) is 6.35. The van der Waals surface area contributed by atoms with E-state index in [1.807, 2.05) is 49.4 Å². The molecule has 2 heterocycles. The standard InChI is InChI=1S/C32H29NO5/c1-3-22-9-11-24(12-10-22)29-28(31(35)32(36)33(29)19-27-8-5-17-37-27)30(34)25-13-15-26(16-14-25)38-20-23-7-4-6-21(2)18-23/h4-18,29,34H,3,19-20H2,1-2H3/t29-/m1/s1. The van der Waals surface area contributed by atoms with Crippen molar-refractivity contribution in [2.24, 2.45) is 0 Å². The Labute approximate surface area is 221 Å². The summed E-state index contributed by atoms with van der Waals surface area (Å²) in [5.41, 5.74) is 4.58. The van der Waals surface area contributed by atoms with Crippen molar-refractivity contribution in [2.75, 3.05) is 0 Å². The number of aliphatic hydroxyl groups is 1. The molecule has 5 rings (SSSR count). The maximum atomic E-state index is 13.3. The van der Waals surface area contributed by atoms with Crippen molar-refractivity contribution in [3.05, 3.63) is 130 Å². The van der Waals surface area contributed by atoms with Gasteiger partial charge < -0.3 is 19.2 Å². The summed E-state index contributed by atoms with van der Waals surface area (Å²) in [5.74, 6) is -0.436. The van der Waals surface area contributed by atoms with Gasteiger partial charge in [-0.3, -0.25) is 9.59 Å². The van der Waals surface area contributed by atoms with Crippen LogP contribution >= 0.6 is 0 Å². The minimum Gasteiger partial charge on any atom is -0.507 e. The van der Waals surface area contributed by atoms with Gasteiger partial charge in [-0.1, -0.05) is 61.0 Å². The second kappa shape index (κ2) is 10.8. The number of Topliss-reactive ketones (excluding diaryl/α,β-unsaturated/α-hetero) is 1. The number of ketones is 1. The van der Waals surface area contributed by atoms with Crippen LogP contribution in [0.25, 0.3) is 5.76 Å². The Hall–Kier alpha value is -4.58. The molecule has 0 bridgehead atoms. The van der Waals surface area contributed by atoms with Crippen molar-refractivity contribution in [1.29, 1.82) is 0 Å². The number of ether oxygens (including phenoxy) is 1. The van der Waals surface area contributed by atoms with E-state index < -0.39 is 17.7 Å². The smallest absolute Gasteiger partial charge is 0.296 e. The summed E-state index contributed by atoms with van der Waals surface area (Å²) in [6, 6.07) is 25.5. The van der Waals surface area contributed by atoms with Crippen molar-refractivity contribution in [3.63, 3.8) is 0 Å². The van der Waals surface area contributed by atoms with E-state index in [0.717, 1.165) is 28.7 Å². The van der Waals surface area contributed by atoms with Gasteiger partial charge in [-0.2, -0.15) is 0 Å². The van der Waals surface area contributed by atoms with E-state index in [1.54, 1.807) is 36.4 Å². The summed E-state index contributed by atoms with van der Waals surface area (Å²) in [7, 11) is 0. The van der Waals surface area contributed by atoms with Crippen molar-refractivity contribution in [1.82, 2.24) is 4.90 Å². The van der Waals surface area contributed by atoms with E-state index in [-0.39, 0.29) is 17.9 Å². The minimum atomic E-state index is -0.747. The molecule has 1 aromatic heterocycles. The second-order valence-corrected chi connectivity index (χ2v) is 9.40. The largest absolute Gasteiger partial charge is 0.507 e. The molecular weight excluding hydrogens is 478 g/mol. The molecule has 0 spiro atoms. The molecule has 0 radical (unpaired) electrons. The van der Waals surface area contributed by atoms with Gasteiger partial charge >= 0.3 is 0 Å². The molecule has 1 amide bonds. The maximum absolute atomic E-state index is 13.3. The Balaban J connectivity index is 1.46. The van der Waals surface area contributed by atoms with Crippen LogP contribution in [0.1, 0.15) is 46.5 Å². The summed E-state index contributed by atoms with van der Waals surface area (Å²) >= 11 is 0. The zero-order valence-corrected chi connectivity index (χ0v) is 21.4. The lowest BCUT2D eigenvalue weighted by atomic mass is 9.94. The molecule has 4 aromatic rings. The number of hydrogen-bond donors (Lipinski definition) is 1. The van der Waals surface area contributed by atoms with E-state index in [1.165, 1.54) is 11.2 Å². The molecule has 38 heavy (non-hydrogen) atoms. The number of aryl methyl sites for hydroxylation is 2. The number of carbonyl (C=O) groups excluding carboxylic acids is 2. The van der Waals surface area contributed by atoms with Gasteiger partial charge in [0.25, 0.3) is 11.7 Å².